The molecule has 0 aromatic heterocycles. The van der Waals surface area contributed by atoms with Crippen molar-refractivity contribution in [3.63, 3.8) is 0 Å². The minimum atomic E-state index is -0.549. The van der Waals surface area contributed by atoms with Gasteiger partial charge in [-0.15, -0.1) is 0 Å². The van der Waals surface area contributed by atoms with Crippen LogP contribution in [0, 0.1) is 0 Å². The van der Waals surface area contributed by atoms with E-state index in [0.717, 1.165) is 25.7 Å². The quantitative estimate of drug-likeness (QED) is 0.671. The number of phenols is 1. The van der Waals surface area contributed by atoms with Gasteiger partial charge in [0.15, 0.2) is 5.78 Å². The van der Waals surface area contributed by atoms with Gasteiger partial charge < -0.3 is 9.84 Å². The highest BCUT2D eigenvalue weighted by Crippen LogP contribution is 2.26. The maximum Gasteiger partial charge on any atom is 0.342 e. The third kappa shape index (κ3) is 3.13. The van der Waals surface area contributed by atoms with E-state index in [1.54, 1.807) is 6.07 Å². The Morgan fingerprint density at radius 3 is 2.42 bits per heavy atom. The average Bonchev–Trinajstić information content (AvgIpc) is 2.39. The lowest BCUT2D eigenvalue weighted by atomic mass is 9.97. The van der Waals surface area contributed by atoms with Gasteiger partial charge in [-0.05, 0) is 44.7 Å². The molecule has 0 bridgehead atoms. The van der Waals surface area contributed by atoms with Gasteiger partial charge in [-0.25, -0.2) is 4.79 Å². The van der Waals surface area contributed by atoms with E-state index >= 15 is 0 Å². The van der Waals surface area contributed by atoms with Crippen molar-refractivity contribution in [3.05, 3.63) is 29.3 Å². The van der Waals surface area contributed by atoms with E-state index in [4.69, 9.17) is 4.74 Å². The van der Waals surface area contributed by atoms with Gasteiger partial charge in [0, 0.05) is 0 Å². The summed E-state index contributed by atoms with van der Waals surface area (Å²) in [5.74, 6) is -1.10. The van der Waals surface area contributed by atoms with Crippen molar-refractivity contribution in [3.8, 4) is 5.75 Å². The predicted molar refractivity (Wildman–Crippen MR) is 70.4 cm³/mol. The number of hydrogen-bond donors (Lipinski definition) is 1. The van der Waals surface area contributed by atoms with Crippen LogP contribution in [0.3, 0.4) is 0 Å². The SMILES string of the molecule is CC(=O)c1cccc(C(=O)OC2CCCCC2)c1O. The molecule has 0 aliphatic heterocycles. The second kappa shape index (κ2) is 5.87. The van der Waals surface area contributed by atoms with Gasteiger partial charge in [0.1, 0.15) is 17.4 Å². The number of esters is 1. The van der Waals surface area contributed by atoms with Crippen molar-refractivity contribution in [2.24, 2.45) is 0 Å². The van der Waals surface area contributed by atoms with Crippen LogP contribution in [0.15, 0.2) is 18.2 Å². The molecular weight excluding hydrogens is 244 g/mol. The second-order valence-corrected chi connectivity index (χ2v) is 4.92. The van der Waals surface area contributed by atoms with E-state index < -0.39 is 5.97 Å². The highest BCUT2D eigenvalue weighted by molar-refractivity contribution is 6.02. The van der Waals surface area contributed by atoms with Crippen LogP contribution in [0.2, 0.25) is 0 Å². The number of Topliss-reactive ketones (excluding diaryl/α,β-unsaturated/α-hetero) is 1. The molecule has 0 atom stereocenters. The van der Waals surface area contributed by atoms with Gasteiger partial charge in [-0.2, -0.15) is 0 Å². The summed E-state index contributed by atoms with van der Waals surface area (Å²) in [6.07, 6.45) is 4.99. The zero-order valence-electron chi connectivity index (χ0n) is 11.0. The molecule has 4 nitrogen and oxygen atoms in total. The van der Waals surface area contributed by atoms with Crippen molar-refractivity contribution in [1.82, 2.24) is 0 Å². The molecule has 0 spiro atoms. The van der Waals surface area contributed by atoms with Gasteiger partial charge >= 0.3 is 5.97 Å². The van der Waals surface area contributed by atoms with E-state index in [2.05, 4.69) is 0 Å². The van der Waals surface area contributed by atoms with E-state index in [1.807, 2.05) is 0 Å². The van der Waals surface area contributed by atoms with Crippen LogP contribution in [-0.2, 0) is 4.74 Å². The second-order valence-electron chi connectivity index (χ2n) is 4.92. The third-order valence-corrected chi connectivity index (χ3v) is 3.46. The van der Waals surface area contributed by atoms with E-state index in [9.17, 15) is 14.7 Å². The standard InChI is InChI=1S/C15H18O4/c1-10(16)12-8-5-9-13(14(12)17)15(18)19-11-6-3-2-4-7-11/h5,8-9,11,17H,2-4,6-7H2,1H3. The summed E-state index contributed by atoms with van der Waals surface area (Å²) in [4.78, 5) is 23.3. The number of carbonyl (C=O) groups excluding carboxylic acids is 2. The largest absolute Gasteiger partial charge is 0.506 e. The van der Waals surface area contributed by atoms with Crippen LogP contribution in [0.1, 0.15) is 59.7 Å². The van der Waals surface area contributed by atoms with Gasteiger partial charge in [-0.3, -0.25) is 4.79 Å². The predicted octanol–water partition coefficient (Wildman–Crippen LogP) is 3.08. The van der Waals surface area contributed by atoms with E-state index in [-0.39, 0.29) is 28.8 Å². The maximum atomic E-state index is 12.0. The molecule has 2 rings (SSSR count). The lowest BCUT2D eigenvalue weighted by Gasteiger charge is -2.22. The summed E-state index contributed by atoms with van der Waals surface area (Å²) in [7, 11) is 0. The van der Waals surface area contributed by atoms with Gasteiger partial charge in [0.05, 0.1) is 5.56 Å². The molecule has 0 unspecified atom stereocenters. The van der Waals surface area contributed by atoms with E-state index in [0.29, 0.717) is 0 Å². The van der Waals surface area contributed by atoms with Crippen molar-refractivity contribution >= 4 is 11.8 Å². The minimum absolute atomic E-state index is 0.0678. The van der Waals surface area contributed by atoms with Gasteiger partial charge in [0.25, 0.3) is 0 Å². The number of ketones is 1. The molecule has 1 aliphatic carbocycles. The summed E-state index contributed by atoms with van der Waals surface area (Å²) in [5.41, 5.74) is 0.219. The van der Waals surface area contributed by atoms with Crippen molar-refractivity contribution in [1.29, 1.82) is 0 Å². The van der Waals surface area contributed by atoms with Crippen LogP contribution in [0.4, 0.5) is 0 Å². The van der Waals surface area contributed by atoms with Crippen LogP contribution in [-0.4, -0.2) is 23.0 Å². The van der Waals surface area contributed by atoms with Crippen molar-refractivity contribution in [2.45, 2.75) is 45.1 Å². The molecule has 0 amide bonds. The Labute approximate surface area is 112 Å². The number of ether oxygens (including phenoxy) is 1. The number of aromatic hydroxyl groups is 1. The van der Waals surface area contributed by atoms with Gasteiger partial charge in [-0.1, -0.05) is 12.5 Å². The minimum Gasteiger partial charge on any atom is -0.506 e. The highest BCUT2D eigenvalue weighted by atomic mass is 16.5. The molecule has 1 fully saturated rings. The summed E-state index contributed by atoms with van der Waals surface area (Å²) >= 11 is 0. The monoisotopic (exact) mass is 262 g/mol. The normalized spacial score (nSPS) is 16.1. The number of rotatable bonds is 3. The fourth-order valence-corrected chi connectivity index (χ4v) is 2.39. The molecule has 0 saturated heterocycles. The number of phenolic OH excluding ortho intramolecular Hbond substituents is 1. The first-order valence-electron chi connectivity index (χ1n) is 6.63. The molecule has 4 heteroatoms. The lowest BCUT2D eigenvalue weighted by Crippen LogP contribution is -2.21. The first kappa shape index (κ1) is 13.6. The number of hydrogen-bond acceptors (Lipinski definition) is 4. The fourth-order valence-electron chi connectivity index (χ4n) is 2.39. The summed E-state index contributed by atoms with van der Waals surface area (Å²) in [5, 5.41) is 9.94. The molecule has 102 valence electrons. The molecule has 1 N–H and O–H groups in total. The molecule has 19 heavy (non-hydrogen) atoms. The molecule has 1 saturated carbocycles. The average molecular weight is 262 g/mol. The molecule has 0 radical (unpaired) electrons. The molecule has 1 aliphatic rings. The van der Waals surface area contributed by atoms with Crippen LogP contribution in [0.5, 0.6) is 5.75 Å². The Kier molecular flexibility index (Phi) is 4.20. The molecule has 1 aromatic rings. The highest BCUT2D eigenvalue weighted by Gasteiger charge is 2.22. The van der Waals surface area contributed by atoms with Crippen molar-refractivity contribution in [2.75, 3.05) is 0 Å². The lowest BCUT2D eigenvalue weighted by molar-refractivity contribution is 0.0208. The molecule has 1 aromatic carbocycles. The zero-order chi connectivity index (χ0) is 13.8. The Morgan fingerprint density at radius 1 is 1.16 bits per heavy atom. The van der Waals surface area contributed by atoms with E-state index in [1.165, 1.54) is 25.5 Å². The Morgan fingerprint density at radius 2 is 1.79 bits per heavy atom. The van der Waals surface area contributed by atoms with Gasteiger partial charge in [0.2, 0.25) is 0 Å². The maximum absolute atomic E-state index is 12.0. The van der Waals surface area contributed by atoms with Crippen LogP contribution in [0.25, 0.3) is 0 Å². The third-order valence-electron chi connectivity index (χ3n) is 3.46. The van der Waals surface area contributed by atoms with Crippen LogP contribution < -0.4 is 0 Å². The first-order chi connectivity index (χ1) is 9.09. The molecular formula is C15H18O4. The summed E-state index contributed by atoms with van der Waals surface area (Å²) < 4.78 is 5.38. The first-order valence-corrected chi connectivity index (χ1v) is 6.63. The Hall–Kier alpha value is -1.84. The molecule has 0 heterocycles. The zero-order valence-corrected chi connectivity index (χ0v) is 11.0. The van der Waals surface area contributed by atoms with Crippen LogP contribution >= 0.6 is 0 Å². The van der Waals surface area contributed by atoms with Crippen molar-refractivity contribution < 1.29 is 19.4 Å². The number of benzene rings is 1. The topological polar surface area (TPSA) is 63.6 Å². The number of para-hydroxylation sites is 1. The summed E-state index contributed by atoms with van der Waals surface area (Å²) in [6, 6.07) is 4.55. The number of carbonyl (C=O) groups is 2. The Bertz CT molecular complexity index is 487. The Balaban J connectivity index is 2.14. The smallest absolute Gasteiger partial charge is 0.342 e. The summed E-state index contributed by atoms with van der Waals surface area (Å²) in [6.45, 7) is 1.35. The fraction of sp³-hybridized carbons (Fsp3) is 0.467.